The predicted octanol–water partition coefficient (Wildman–Crippen LogP) is 3.04. The van der Waals surface area contributed by atoms with Crippen LogP contribution in [0, 0.1) is 4.91 Å². The predicted molar refractivity (Wildman–Crippen MR) is 75.4 cm³/mol. The Hall–Kier alpha value is -2.89. The molecule has 0 saturated carbocycles. The zero-order chi connectivity index (χ0) is 14.8. The molecule has 2 aromatic carbocycles. The summed E-state index contributed by atoms with van der Waals surface area (Å²) in [7, 11) is 0. The molecule has 3 rings (SSSR count). The number of phenolic OH excluding ortho intramolecular Hbond substituents is 1. The average Bonchev–Trinajstić information content (AvgIpc) is 2.54. The second kappa shape index (κ2) is 5.24. The van der Waals surface area contributed by atoms with Gasteiger partial charge in [-0.05, 0) is 40.6 Å². The smallest absolute Gasteiger partial charge is 0.161 e. The molecular formula is C15H11NO5. The summed E-state index contributed by atoms with van der Waals surface area (Å²) in [6, 6.07) is 8.20. The summed E-state index contributed by atoms with van der Waals surface area (Å²) in [6.07, 6.45) is 0.478. The molecule has 1 aliphatic rings. The first-order valence-corrected chi connectivity index (χ1v) is 6.28. The Balaban J connectivity index is 2.11. The van der Waals surface area contributed by atoms with E-state index in [4.69, 9.17) is 9.47 Å². The van der Waals surface area contributed by atoms with Crippen molar-refractivity contribution in [2.45, 2.75) is 0 Å². The summed E-state index contributed by atoms with van der Waals surface area (Å²) in [5.74, 6) is 0.828. The largest absolute Gasteiger partial charge is 0.505 e. The van der Waals surface area contributed by atoms with Crippen LogP contribution in [0.15, 0.2) is 35.5 Å². The number of hydrogen-bond acceptors (Lipinski definition) is 6. The van der Waals surface area contributed by atoms with E-state index in [2.05, 4.69) is 5.18 Å². The molecule has 6 nitrogen and oxygen atoms in total. The third-order valence-electron chi connectivity index (χ3n) is 3.22. The van der Waals surface area contributed by atoms with E-state index >= 15 is 0 Å². The molecule has 6 heteroatoms. The number of hydrogen-bond donors (Lipinski definition) is 1. The Bertz CT molecular complexity index is 697. The quantitative estimate of drug-likeness (QED) is 0.692. The molecule has 0 spiro atoms. The van der Waals surface area contributed by atoms with E-state index in [1.54, 1.807) is 18.2 Å². The van der Waals surface area contributed by atoms with Crippen molar-refractivity contribution in [1.82, 2.24) is 0 Å². The van der Waals surface area contributed by atoms with Crippen LogP contribution in [0.4, 0.5) is 5.69 Å². The molecule has 0 fully saturated rings. The Morgan fingerprint density at radius 2 is 1.81 bits per heavy atom. The molecule has 21 heavy (non-hydrogen) atoms. The summed E-state index contributed by atoms with van der Waals surface area (Å²) in [5, 5.41) is 12.4. The summed E-state index contributed by atoms with van der Waals surface area (Å²) in [4.78, 5) is 21.7. The Morgan fingerprint density at radius 1 is 1.05 bits per heavy atom. The highest BCUT2D eigenvalue weighted by molar-refractivity contribution is 5.87. The number of phenols is 1. The molecular weight excluding hydrogens is 274 g/mol. The van der Waals surface area contributed by atoms with Crippen molar-refractivity contribution in [1.29, 1.82) is 0 Å². The highest BCUT2D eigenvalue weighted by Gasteiger charge is 2.15. The lowest BCUT2D eigenvalue weighted by Crippen LogP contribution is -2.15. The van der Waals surface area contributed by atoms with Crippen molar-refractivity contribution in [3.63, 3.8) is 0 Å². The van der Waals surface area contributed by atoms with E-state index in [1.165, 1.54) is 12.1 Å². The molecule has 0 radical (unpaired) electrons. The van der Waals surface area contributed by atoms with E-state index in [1.807, 2.05) is 0 Å². The fourth-order valence-corrected chi connectivity index (χ4v) is 2.19. The van der Waals surface area contributed by atoms with Crippen LogP contribution in [-0.4, -0.2) is 24.6 Å². The molecule has 0 atom stereocenters. The van der Waals surface area contributed by atoms with Crippen LogP contribution in [0.2, 0.25) is 0 Å². The van der Waals surface area contributed by atoms with Crippen LogP contribution in [0.3, 0.4) is 0 Å². The van der Waals surface area contributed by atoms with Crippen molar-refractivity contribution in [2.24, 2.45) is 5.18 Å². The molecule has 0 aromatic heterocycles. The van der Waals surface area contributed by atoms with Crippen LogP contribution in [-0.2, 0) is 0 Å². The van der Waals surface area contributed by atoms with Gasteiger partial charge in [0, 0.05) is 0 Å². The lowest BCUT2D eigenvalue weighted by Gasteiger charge is -2.19. The zero-order valence-electron chi connectivity index (χ0n) is 10.9. The highest BCUT2D eigenvalue weighted by Crippen LogP contribution is 2.38. The van der Waals surface area contributed by atoms with Gasteiger partial charge in [-0.1, -0.05) is 6.07 Å². The van der Waals surface area contributed by atoms with Gasteiger partial charge in [0.2, 0.25) is 0 Å². The van der Waals surface area contributed by atoms with Gasteiger partial charge in [-0.15, -0.1) is 4.91 Å². The van der Waals surface area contributed by atoms with Crippen molar-refractivity contribution in [3.8, 4) is 28.4 Å². The lowest BCUT2D eigenvalue weighted by atomic mass is 10.0. The number of aromatic hydroxyl groups is 1. The number of ether oxygens (including phenoxy) is 2. The summed E-state index contributed by atoms with van der Waals surface area (Å²) < 4.78 is 10.9. The maximum absolute atomic E-state index is 11.0. The number of carbonyl (C=O) groups excluding carboxylic acids is 1. The van der Waals surface area contributed by atoms with Gasteiger partial charge in [0.25, 0.3) is 0 Å². The molecule has 2 aromatic rings. The minimum absolute atomic E-state index is 0.0111. The summed E-state index contributed by atoms with van der Waals surface area (Å²) in [6.45, 7) is 0.965. The van der Waals surface area contributed by atoms with Gasteiger partial charge < -0.3 is 14.6 Å². The van der Waals surface area contributed by atoms with E-state index in [9.17, 15) is 14.8 Å². The molecule has 0 aliphatic carbocycles. The van der Waals surface area contributed by atoms with E-state index in [0.29, 0.717) is 36.6 Å². The second-order valence-electron chi connectivity index (χ2n) is 4.50. The second-order valence-corrected chi connectivity index (χ2v) is 4.50. The van der Waals surface area contributed by atoms with Crippen LogP contribution >= 0.6 is 0 Å². The first-order valence-electron chi connectivity index (χ1n) is 6.28. The molecule has 1 heterocycles. The zero-order valence-corrected chi connectivity index (χ0v) is 10.9. The number of nitrogens with zero attached hydrogens (tertiary/aromatic N) is 1. The van der Waals surface area contributed by atoms with E-state index in [0.717, 1.165) is 5.56 Å². The van der Waals surface area contributed by atoms with Gasteiger partial charge in [0.15, 0.2) is 29.2 Å². The van der Waals surface area contributed by atoms with Gasteiger partial charge in [-0.2, -0.15) is 0 Å². The minimum Gasteiger partial charge on any atom is -0.505 e. The normalized spacial score (nSPS) is 12.8. The first-order chi connectivity index (χ1) is 10.2. The van der Waals surface area contributed by atoms with Crippen molar-refractivity contribution in [3.05, 3.63) is 40.8 Å². The molecule has 0 bridgehead atoms. The Kier molecular flexibility index (Phi) is 3.27. The SMILES string of the molecule is O=Cc1cc(-c2ccc3c(c2)OCCO3)cc(N=O)c1O. The van der Waals surface area contributed by atoms with E-state index < -0.39 is 5.75 Å². The van der Waals surface area contributed by atoms with Crippen LogP contribution in [0.5, 0.6) is 17.2 Å². The number of rotatable bonds is 3. The maximum atomic E-state index is 11.0. The van der Waals surface area contributed by atoms with Gasteiger partial charge in [-0.3, -0.25) is 4.79 Å². The van der Waals surface area contributed by atoms with Crippen LogP contribution < -0.4 is 9.47 Å². The maximum Gasteiger partial charge on any atom is 0.161 e. The van der Waals surface area contributed by atoms with Crippen molar-refractivity contribution < 1.29 is 19.4 Å². The van der Waals surface area contributed by atoms with Crippen molar-refractivity contribution in [2.75, 3.05) is 13.2 Å². The Morgan fingerprint density at radius 3 is 2.52 bits per heavy atom. The summed E-state index contributed by atoms with van der Waals surface area (Å²) in [5.41, 5.74) is 1.15. The molecule has 106 valence electrons. The number of benzene rings is 2. The number of nitroso groups, excluding NO2 is 1. The number of carbonyl (C=O) groups is 1. The van der Waals surface area contributed by atoms with Gasteiger partial charge in [0.1, 0.15) is 13.2 Å². The number of aldehydes is 1. The number of fused-ring (bicyclic) bond motifs is 1. The van der Waals surface area contributed by atoms with Crippen molar-refractivity contribution >= 4 is 12.0 Å². The fraction of sp³-hybridized carbons (Fsp3) is 0.133. The standard InChI is InChI=1S/C15H11NO5/c17-8-11-5-10(6-12(16-19)15(11)18)9-1-2-13-14(7-9)21-4-3-20-13/h1-2,5-8,18H,3-4H2. The highest BCUT2D eigenvalue weighted by atomic mass is 16.6. The first kappa shape index (κ1) is 13.1. The average molecular weight is 285 g/mol. The fourth-order valence-electron chi connectivity index (χ4n) is 2.19. The molecule has 0 unspecified atom stereocenters. The molecule has 0 amide bonds. The van der Waals surface area contributed by atoms with Crippen LogP contribution in [0.1, 0.15) is 10.4 Å². The Labute approximate surface area is 119 Å². The molecule has 0 saturated heterocycles. The van der Waals surface area contributed by atoms with Crippen LogP contribution in [0.25, 0.3) is 11.1 Å². The van der Waals surface area contributed by atoms with Gasteiger partial charge in [-0.25, -0.2) is 0 Å². The summed E-state index contributed by atoms with van der Waals surface area (Å²) >= 11 is 0. The van der Waals surface area contributed by atoms with Gasteiger partial charge >= 0.3 is 0 Å². The minimum atomic E-state index is -0.415. The topological polar surface area (TPSA) is 85.2 Å². The third-order valence-corrected chi connectivity index (χ3v) is 3.22. The molecule has 1 N–H and O–H groups in total. The lowest BCUT2D eigenvalue weighted by molar-refractivity contribution is 0.112. The van der Waals surface area contributed by atoms with E-state index in [-0.39, 0.29) is 11.3 Å². The van der Waals surface area contributed by atoms with Gasteiger partial charge in [0.05, 0.1) is 5.56 Å². The monoisotopic (exact) mass is 285 g/mol. The molecule has 1 aliphatic heterocycles. The third kappa shape index (κ3) is 2.31.